The zero-order valence-electron chi connectivity index (χ0n) is 18.0. The van der Waals surface area contributed by atoms with Gasteiger partial charge in [0.25, 0.3) is 11.7 Å². The predicted octanol–water partition coefficient (Wildman–Crippen LogP) is 4.64. The monoisotopic (exact) mass is 429 g/mol. The Morgan fingerprint density at radius 2 is 1.66 bits per heavy atom. The molecule has 0 spiro atoms. The largest absolute Gasteiger partial charge is 0.507 e. The van der Waals surface area contributed by atoms with E-state index in [-0.39, 0.29) is 11.3 Å². The number of anilines is 1. The molecule has 6 heteroatoms. The quantitative estimate of drug-likeness (QED) is 0.363. The number of ether oxygens (including phenoxy) is 2. The van der Waals surface area contributed by atoms with Gasteiger partial charge in [0.1, 0.15) is 17.3 Å². The maximum absolute atomic E-state index is 13.2. The molecular formula is C26H23NO5. The number of carbonyl (C=O) groups is 2. The number of aryl methyl sites for hydroxylation is 1. The Hall–Kier alpha value is -4.06. The number of rotatable bonds is 5. The van der Waals surface area contributed by atoms with Crippen LogP contribution in [0.3, 0.4) is 0 Å². The highest BCUT2D eigenvalue weighted by atomic mass is 16.5. The number of amides is 1. The Labute approximate surface area is 186 Å². The van der Waals surface area contributed by atoms with Gasteiger partial charge in [-0.2, -0.15) is 0 Å². The second kappa shape index (κ2) is 8.59. The normalized spacial score (nSPS) is 17.5. The van der Waals surface area contributed by atoms with Gasteiger partial charge in [0.15, 0.2) is 0 Å². The number of benzene rings is 3. The third-order valence-electron chi connectivity index (χ3n) is 5.50. The highest BCUT2D eigenvalue weighted by Gasteiger charge is 2.47. The van der Waals surface area contributed by atoms with Gasteiger partial charge in [-0.3, -0.25) is 14.5 Å². The lowest BCUT2D eigenvalue weighted by molar-refractivity contribution is -0.132. The summed E-state index contributed by atoms with van der Waals surface area (Å²) >= 11 is 0. The zero-order valence-corrected chi connectivity index (χ0v) is 18.0. The lowest BCUT2D eigenvalue weighted by Gasteiger charge is -2.26. The summed E-state index contributed by atoms with van der Waals surface area (Å²) in [6.45, 7) is 1.91. The van der Waals surface area contributed by atoms with Crippen molar-refractivity contribution in [3.8, 4) is 11.5 Å². The molecule has 0 bridgehead atoms. The Balaban J connectivity index is 1.99. The lowest BCUT2D eigenvalue weighted by Crippen LogP contribution is -2.29. The number of Topliss-reactive ketones (excluding diaryl/α,β-unsaturated/α-hetero) is 1. The molecule has 1 atom stereocenters. The third-order valence-corrected chi connectivity index (χ3v) is 5.50. The van der Waals surface area contributed by atoms with E-state index >= 15 is 0 Å². The van der Waals surface area contributed by atoms with Gasteiger partial charge in [0.2, 0.25) is 0 Å². The number of hydrogen-bond donors (Lipinski definition) is 1. The fourth-order valence-electron chi connectivity index (χ4n) is 3.99. The Morgan fingerprint density at radius 1 is 0.906 bits per heavy atom. The van der Waals surface area contributed by atoms with Gasteiger partial charge in [-0.15, -0.1) is 0 Å². The molecule has 0 radical (unpaired) electrons. The number of aliphatic hydroxyl groups excluding tert-OH is 1. The number of methoxy groups -OCH3 is 2. The van der Waals surface area contributed by atoms with Crippen LogP contribution in [0.25, 0.3) is 5.76 Å². The number of nitrogens with zero attached hydrogens (tertiary/aromatic N) is 1. The average Bonchev–Trinajstić information content (AvgIpc) is 3.09. The maximum Gasteiger partial charge on any atom is 0.300 e. The van der Waals surface area contributed by atoms with Crippen molar-refractivity contribution < 1.29 is 24.2 Å². The Bertz CT molecular complexity index is 1230. The summed E-state index contributed by atoms with van der Waals surface area (Å²) in [6.07, 6.45) is 0. The zero-order chi connectivity index (χ0) is 22.8. The number of carbonyl (C=O) groups excluding carboxylic acids is 2. The van der Waals surface area contributed by atoms with Crippen LogP contribution in [0.2, 0.25) is 0 Å². The molecule has 1 N–H and O–H groups in total. The van der Waals surface area contributed by atoms with Gasteiger partial charge in [0.05, 0.1) is 31.4 Å². The minimum Gasteiger partial charge on any atom is -0.507 e. The average molecular weight is 429 g/mol. The fourth-order valence-corrected chi connectivity index (χ4v) is 3.99. The number of aliphatic hydroxyl groups is 1. The summed E-state index contributed by atoms with van der Waals surface area (Å²) in [6, 6.07) is 20.5. The smallest absolute Gasteiger partial charge is 0.300 e. The van der Waals surface area contributed by atoms with E-state index < -0.39 is 17.7 Å². The highest BCUT2D eigenvalue weighted by molar-refractivity contribution is 6.51. The molecule has 1 aliphatic heterocycles. The van der Waals surface area contributed by atoms with Gasteiger partial charge in [0, 0.05) is 5.69 Å². The van der Waals surface area contributed by atoms with E-state index in [1.54, 1.807) is 61.7 Å². The molecular weight excluding hydrogens is 406 g/mol. The van der Waals surface area contributed by atoms with Crippen LogP contribution in [-0.2, 0) is 9.59 Å². The summed E-state index contributed by atoms with van der Waals surface area (Å²) in [5.74, 6) is -0.780. The van der Waals surface area contributed by atoms with Crippen LogP contribution in [0.4, 0.5) is 5.69 Å². The molecule has 32 heavy (non-hydrogen) atoms. The Kier molecular flexibility index (Phi) is 5.69. The maximum atomic E-state index is 13.2. The van der Waals surface area contributed by atoms with Crippen molar-refractivity contribution in [3.05, 3.63) is 95.1 Å². The van der Waals surface area contributed by atoms with Crippen LogP contribution < -0.4 is 14.4 Å². The van der Waals surface area contributed by atoms with Gasteiger partial charge in [-0.1, -0.05) is 36.4 Å². The molecule has 1 unspecified atom stereocenters. The van der Waals surface area contributed by atoms with E-state index in [1.807, 2.05) is 25.1 Å². The second-order valence-electron chi connectivity index (χ2n) is 7.48. The minimum absolute atomic E-state index is 0.00532. The fraction of sp³-hybridized carbons (Fsp3) is 0.154. The van der Waals surface area contributed by atoms with E-state index in [0.717, 1.165) is 5.56 Å². The van der Waals surface area contributed by atoms with Crippen LogP contribution in [0.15, 0.2) is 78.4 Å². The third kappa shape index (κ3) is 3.60. The molecule has 6 nitrogen and oxygen atoms in total. The van der Waals surface area contributed by atoms with Crippen LogP contribution in [-0.4, -0.2) is 31.0 Å². The van der Waals surface area contributed by atoms with E-state index in [2.05, 4.69) is 0 Å². The summed E-state index contributed by atoms with van der Waals surface area (Å²) in [7, 11) is 3.03. The van der Waals surface area contributed by atoms with E-state index in [4.69, 9.17) is 9.47 Å². The SMILES string of the molecule is COc1cccc(C2/C(=C(\O)c3ccccc3OC)C(=O)C(=O)N2c2cccc(C)c2)c1. The summed E-state index contributed by atoms with van der Waals surface area (Å²) in [4.78, 5) is 27.9. The molecule has 1 amide bonds. The number of ketones is 1. The molecule has 1 heterocycles. The standard InChI is InChI=1S/C26H23NO5/c1-16-8-6-10-18(14-16)27-23(17-9-7-11-19(15-17)31-2)22(25(29)26(27)30)24(28)20-12-4-5-13-21(20)32-3/h4-15,23,28H,1-3H3/b24-22+. The highest BCUT2D eigenvalue weighted by Crippen LogP contribution is 2.43. The van der Waals surface area contributed by atoms with Crippen molar-refractivity contribution in [2.24, 2.45) is 0 Å². The predicted molar refractivity (Wildman–Crippen MR) is 122 cm³/mol. The van der Waals surface area contributed by atoms with Crippen LogP contribution >= 0.6 is 0 Å². The van der Waals surface area contributed by atoms with Crippen LogP contribution in [0.5, 0.6) is 11.5 Å². The molecule has 0 saturated carbocycles. The summed E-state index contributed by atoms with van der Waals surface area (Å²) in [5, 5.41) is 11.3. The summed E-state index contributed by atoms with van der Waals surface area (Å²) < 4.78 is 10.7. The number of para-hydroxylation sites is 1. The first kappa shape index (κ1) is 21.2. The molecule has 3 aromatic rings. The molecule has 0 aliphatic carbocycles. The first-order valence-electron chi connectivity index (χ1n) is 10.1. The minimum atomic E-state index is -0.836. The summed E-state index contributed by atoms with van der Waals surface area (Å²) in [5.41, 5.74) is 2.48. The molecule has 1 fully saturated rings. The Morgan fingerprint density at radius 3 is 2.38 bits per heavy atom. The first-order chi connectivity index (χ1) is 15.5. The van der Waals surface area contributed by atoms with Crippen LogP contribution in [0, 0.1) is 6.92 Å². The van der Waals surface area contributed by atoms with Crippen molar-refractivity contribution in [2.45, 2.75) is 13.0 Å². The van der Waals surface area contributed by atoms with Gasteiger partial charge in [-0.25, -0.2) is 0 Å². The first-order valence-corrected chi connectivity index (χ1v) is 10.1. The topological polar surface area (TPSA) is 76.1 Å². The number of hydrogen-bond acceptors (Lipinski definition) is 5. The lowest BCUT2D eigenvalue weighted by atomic mass is 9.94. The van der Waals surface area contributed by atoms with Crippen molar-refractivity contribution in [1.29, 1.82) is 0 Å². The van der Waals surface area contributed by atoms with Gasteiger partial charge < -0.3 is 14.6 Å². The van der Waals surface area contributed by atoms with Crippen molar-refractivity contribution in [1.82, 2.24) is 0 Å². The van der Waals surface area contributed by atoms with Gasteiger partial charge >= 0.3 is 0 Å². The van der Waals surface area contributed by atoms with Crippen molar-refractivity contribution >= 4 is 23.1 Å². The molecule has 1 aliphatic rings. The van der Waals surface area contributed by atoms with Crippen LogP contribution in [0.1, 0.15) is 22.7 Å². The molecule has 0 aromatic heterocycles. The molecule has 1 saturated heterocycles. The van der Waals surface area contributed by atoms with E-state index in [9.17, 15) is 14.7 Å². The van der Waals surface area contributed by atoms with Crippen molar-refractivity contribution in [3.63, 3.8) is 0 Å². The second-order valence-corrected chi connectivity index (χ2v) is 7.48. The van der Waals surface area contributed by atoms with E-state index in [0.29, 0.717) is 28.3 Å². The molecule has 3 aromatic carbocycles. The van der Waals surface area contributed by atoms with E-state index in [1.165, 1.54) is 12.0 Å². The molecule has 4 rings (SSSR count). The molecule has 162 valence electrons. The van der Waals surface area contributed by atoms with Crippen molar-refractivity contribution in [2.75, 3.05) is 19.1 Å². The van der Waals surface area contributed by atoms with Gasteiger partial charge in [-0.05, 0) is 54.4 Å².